The largest absolute Gasteiger partial charge is 0.493 e. The van der Waals surface area contributed by atoms with Gasteiger partial charge >= 0.3 is 12.0 Å². The van der Waals surface area contributed by atoms with Crippen LogP contribution in [0.2, 0.25) is 0 Å². The Morgan fingerprint density at radius 3 is 2.56 bits per heavy atom. The Bertz CT molecular complexity index is 1580. The van der Waals surface area contributed by atoms with Crippen LogP contribution >= 0.6 is 0 Å². The van der Waals surface area contributed by atoms with Crippen LogP contribution in [0.3, 0.4) is 0 Å². The zero-order valence-electron chi connectivity index (χ0n) is 25.3. The van der Waals surface area contributed by atoms with Gasteiger partial charge in [0.15, 0.2) is 29.2 Å². The molecule has 0 radical (unpaired) electrons. The minimum absolute atomic E-state index is 0.170. The number of rotatable bonds is 14. The van der Waals surface area contributed by atoms with Crippen molar-refractivity contribution in [2.45, 2.75) is 32.7 Å². The summed E-state index contributed by atoms with van der Waals surface area (Å²) in [6, 6.07) is 15.0. The summed E-state index contributed by atoms with van der Waals surface area (Å²) in [5.41, 5.74) is 5.16. The first-order valence-electron chi connectivity index (χ1n) is 14.0. The number of amides is 2. The second kappa shape index (κ2) is 15.4. The summed E-state index contributed by atoms with van der Waals surface area (Å²) in [5.74, 6) is 0.707. The van der Waals surface area contributed by atoms with E-state index in [2.05, 4.69) is 21.2 Å². The first kappa shape index (κ1) is 32.6. The molecular weight excluding hydrogens is 587 g/mol. The lowest BCUT2D eigenvalue weighted by molar-refractivity contribution is -0.136. The quantitative estimate of drug-likeness (QED) is 0.0908. The molecule has 0 saturated heterocycles. The van der Waals surface area contributed by atoms with Gasteiger partial charge in [0.05, 0.1) is 38.7 Å². The number of halogens is 1. The third kappa shape index (κ3) is 8.63. The number of urea groups is 1. The van der Waals surface area contributed by atoms with E-state index in [1.54, 1.807) is 62.4 Å². The van der Waals surface area contributed by atoms with E-state index >= 15 is 0 Å². The van der Waals surface area contributed by atoms with Crippen molar-refractivity contribution in [3.8, 4) is 23.0 Å². The maximum absolute atomic E-state index is 13.4. The third-order valence-electron chi connectivity index (χ3n) is 6.58. The molecule has 0 aliphatic carbocycles. The zero-order valence-corrected chi connectivity index (χ0v) is 25.3. The summed E-state index contributed by atoms with van der Waals surface area (Å²) in [5, 5.41) is 19.8. The molecule has 0 aromatic heterocycles. The predicted molar refractivity (Wildman–Crippen MR) is 163 cm³/mol. The number of methoxy groups -OCH3 is 2. The Hall–Kier alpha value is -5.30. The maximum atomic E-state index is 13.4. The Morgan fingerprint density at radius 1 is 1.04 bits per heavy atom. The molecule has 1 aliphatic rings. The molecule has 12 nitrogen and oxygen atoms in total. The summed E-state index contributed by atoms with van der Waals surface area (Å²) in [4.78, 5) is 24.6. The lowest BCUT2D eigenvalue weighted by atomic mass is 9.95. The number of carbonyl (C=O) groups excluding carboxylic acids is 2. The van der Waals surface area contributed by atoms with Crippen LogP contribution in [0.25, 0.3) is 0 Å². The van der Waals surface area contributed by atoms with Crippen LogP contribution in [0.15, 0.2) is 77.0 Å². The minimum Gasteiger partial charge on any atom is -0.493 e. The molecule has 2 amide bonds. The van der Waals surface area contributed by atoms with Crippen LogP contribution in [0, 0.1) is 5.82 Å². The number of carbonyl (C=O) groups is 2. The Kier molecular flexibility index (Phi) is 11.2. The average molecular weight is 623 g/mol. The van der Waals surface area contributed by atoms with Crippen LogP contribution in [0.5, 0.6) is 23.0 Å². The van der Waals surface area contributed by atoms with Gasteiger partial charge in [0.1, 0.15) is 19.0 Å². The number of esters is 1. The Balaban J connectivity index is 1.36. The van der Waals surface area contributed by atoms with Gasteiger partial charge in [0.2, 0.25) is 0 Å². The second-order valence-corrected chi connectivity index (χ2v) is 9.74. The molecule has 0 spiro atoms. The van der Waals surface area contributed by atoms with E-state index in [0.29, 0.717) is 52.0 Å². The van der Waals surface area contributed by atoms with Crippen LogP contribution in [0.1, 0.15) is 36.6 Å². The molecule has 4 rings (SSSR count). The van der Waals surface area contributed by atoms with Crippen molar-refractivity contribution in [2.75, 3.05) is 27.4 Å². The summed E-state index contributed by atoms with van der Waals surface area (Å²) in [7, 11) is 2.77. The number of nitrogens with zero attached hydrogens (tertiary/aromatic N) is 1. The van der Waals surface area contributed by atoms with Crippen molar-refractivity contribution in [3.63, 3.8) is 0 Å². The monoisotopic (exact) mass is 622 g/mol. The smallest absolute Gasteiger partial charge is 0.337 e. The SMILES string of the molecule is CCOc1cc([C@H]2NC(=O)NC(C)=C2C(=O)OC)ccc1OC[C@H](O)N/N=C\c1ccc(OCc2cccc(F)c2)c(OC)c1. The fourth-order valence-electron chi connectivity index (χ4n) is 4.49. The van der Waals surface area contributed by atoms with Crippen LogP contribution in [-0.2, 0) is 16.1 Å². The van der Waals surface area contributed by atoms with Crippen LogP contribution < -0.4 is 35.0 Å². The number of hydrazone groups is 1. The number of ether oxygens (including phenoxy) is 5. The third-order valence-corrected chi connectivity index (χ3v) is 6.58. The van der Waals surface area contributed by atoms with Crippen LogP contribution in [-0.4, -0.2) is 57.0 Å². The summed E-state index contributed by atoms with van der Waals surface area (Å²) in [6.07, 6.45) is 0.316. The molecule has 238 valence electrons. The summed E-state index contributed by atoms with van der Waals surface area (Å²) >= 11 is 0. The van der Waals surface area contributed by atoms with Gasteiger partial charge in [-0.1, -0.05) is 18.2 Å². The van der Waals surface area contributed by atoms with E-state index in [9.17, 15) is 19.1 Å². The van der Waals surface area contributed by atoms with Crippen molar-refractivity contribution in [3.05, 3.63) is 94.4 Å². The molecule has 0 unspecified atom stereocenters. The predicted octanol–water partition coefficient (Wildman–Crippen LogP) is 3.93. The molecule has 0 saturated carbocycles. The molecular formula is C32H35FN4O8. The molecule has 0 fully saturated rings. The molecule has 3 aromatic carbocycles. The van der Waals surface area contributed by atoms with Gasteiger partial charge in [-0.15, -0.1) is 0 Å². The van der Waals surface area contributed by atoms with Gasteiger partial charge in [0.25, 0.3) is 0 Å². The lowest BCUT2D eigenvalue weighted by Gasteiger charge is -2.28. The number of allylic oxidation sites excluding steroid dienone is 1. The van der Waals surface area contributed by atoms with Crippen molar-refractivity contribution in [1.29, 1.82) is 0 Å². The fourth-order valence-corrected chi connectivity index (χ4v) is 4.49. The highest BCUT2D eigenvalue weighted by Gasteiger charge is 2.32. The van der Waals surface area contributed by atoms with Gasteiger partial charge in [-0.2, -0.15) is 5.10 Å². The highest BCUT2D eigenvalue weighted by molar-refractivity contribution is 5.95. The van der Waals surface area contributed by atoms with Gasteiger partial charge < -0.3 is 39.4 Å². The molecule has 1 heterocycles. The van der Waals surface area contributed by atoms with E-state index in [1.165, 1.54) is 32.6 Å². The molecule has 2 atom stereocenters. The minimum atomic E-state index is -1.17. The highest BCUT2D eigenvalue weighted by Crippen LogP contribution is 2.35. The molecule has 1 aliphatic heterocycles. The van der Waals surface area contributed by atoms with E-state index in [4.69, 9.17) is 23.7 Å². The fraction of sp³-hybridized carbons (Fsp3) is 0.281. The number of nitrogens with one attached hydrogen (secondary N) is 3. The topological polar surface area (TPSA) is 149 Å². The first-order valence-corrected chi connectivity index (χ1v) is 14.0. The Labute approximate surface area is 259 Å². The number of aliphatic hydroxyl groups excluding tert-OH is 1. The van der Waals surface area contributed by atoms with E-state index in [0.717, 1.165) is 0 Å². The number of benzene rings is 3. The number of hydrogen-bond acceptors (Lipinski definition) is 10. The highest BCUT2D eigenvalue weighted by atomic mass is 19.1. The number of aliphatic hydroxyl groups is 1. The van der Waals surface area contributed by atoms with Gasteiger partial charge in [-0.05, 0) is 73.0 Å². The molecule has 3 aromatic rings. The van der Waals surface area contributed by atoms with Gasteiger partial charge in [0, 0.05) is 5.70 Å². The van der Waals surface area contributed by atoms with Crippen molar-refractivity contribution < 1.29 is 42.8 Å². The van der Waals surface area contributed by atoms with Crippen LogP contribution in [0.4, 0.5) is 9.18 Å². The summed E-state index contributed by atoms with van der Waals surface area (Å²) in [6.45, 7) is 3.73. The second-order valence-electron chi connectivity index (χ2n) is 9.74. The van der Waals surface area contributed by atoms with Gasteiger partial charge in [-0.3, -0.25) is 5.43 Å². The normalized spacial score (nSPS) is 15.2. The lowest BCUT2D eigenvalue weighted by Crippen LogP contribution is -2.45. The molecule has 45 heavy (non-hydrogen) atoms. The van der Waals surface area contributed by atoms with Crippen molar-refractivity contribution >= 4 is 18.2 Å². The zero-order chi connectivity index (χ0) is 32.3. The number of hydrogen-bond donors (Lipinski definition) is 4. The maximum Gasteiger partial charge on any atom is 0.337 e. The van der Waals surface area contributed by atoms with Crippen molar-refractivity contribution in [1.82, 2.24) is 16.1 Å². The standard InChI is InChI=1S/C32H35FN4O8/c1-5-43-27-15-22(30-29(31(39)42-4)19(2)35-32(40)36-30)10-12-25(27)45-18-28(38)37-34-16-20-9-11-24(26(14-20)41-3)44-17-21-7-6-8-23(33)13-21/h6-16,28,30,37-38H,5,17-18H2,1-4H3,(H2,35,36,40)/b34-16-/t28-,30+/m0/s1. The van der Waals surface area contributed by atoms with Crippen molar-refractivity contribution in [2.24, 2.45) is 5.10 Å². The molecule has 13 heteroatoms. The van der Waals surface area contributed by atoms with E-state index in [1.807, 2.05) is 0 Å². The molecule has 4 N–H and O–H groups in total. The first-order chi connectivity index (χ1) is 21.7. The van der Waals surface area contributed by atoms with E-state index < -0.39 is 24.3 Å². The van der Waals surface area contributed by atoms with Gasteiger partial charge in [-0.25, -0.2) is 14.0 Å². The molecule has 0 bridgehead atoms. The Morgan fingerprint density at radius 2 is 1.82 bits per heavy atom. The average Bonchev–Trinajstić information content (AvgIpc) is 3.03. The van der Waals surface area contributed by atoms with E-state index in [-0.39, 0.29) is 24.6 Å². The summed E-state index contributed by atoms with van der Waals surface area (Å²) < 4.78 is 41.1.